The summed E-state index contributed by atoms with van der Waals surface area (Å²) in [5, 5.41) is 3.18. The summed E-state index contributed by atoms with van der Waals surface area (Å²) in [5.41, 5.74) is 3.19. The predicted octanol–water partition coefficient (Wildman–Crippen LogP) is 3.53. The quantitative estimate of drug-likeness (QED) is 0.877. The Labute approximate surface area is 142 Å². The van der Waals surface area contributed by atoms with Crippen molar-refractivity contribution in [2.24, 2.45) is 17.8 Å². The van der Waals surface area contributed by atoms with Gasteiger partial charge in [0.05, 0.1) is 6.04 Å². The Balaban J connectivity index is 1.42. The van der Waals surface area contributed by atoms with Gasteiger partial charge in [0.15, 0.2) is 0 Å². The van der Waals surface area contributed by atoms with E-state index in [4.69, 9.17) is 0 Å². The van der Waals surface area contributed by atoms with E-state index in [1.807, 2.05) is 6.92 Å². The molecule has 1 aromatic carbocycles. The molecule has 4 atom stereocenters. The maximum atomic E-state index is 12.5. The fraction of sp³-hybridized carbons (Fsp3) is 0.350. The molecule has 1 amide bonds. The minimum atomic E-state index is 0.0154. The molecule has 122 valence electrons. The first kappa shape index (κ1) is 15.1. The average Bonchev–Trinajstić information content (AvgIpc) is 3.26. The zero-order chi connectivity index (χ0) is 16.5. The van der Waals surface area contributed by atoms with Gasteiger partial charge in [0, 0.05) is 23.9 Å². The summed E-state index contributed by atoms with van der Waals surface area (Å²) in [6.07, 6.45) is 11.8. The molecular weight excluding hydrogens is 298 g/mol. The Kier molecular flexibility index (Phi) is 3.89. The van der Waals surface area contributed by atoms with Gasteiger partial charge < -0.3 is 5.32 Å². The maximum Gasteiger partial charge on any atom is 0.224 e. The van der Waals surface area contributed by atoms with Crippen LogP contribution in [0.5, 0.6) is 0 Å². The first-order valence-corrected chi connectivity index (χ1v) is 8.55. The van der Waals surface area contributed by atoms with Crippen molar-refractivity contribution in [1.82, 2.24) is 15.3 Å². The number of carbonyl (C=O) groups excluding carboxylic acids is 1. The standard InChI is InChI=1S/C20H21N3O/c1-13(23-20(24)19-9-14-2-3-17(19)8-14)15-4-6-16(7-5-15)18-10-21-12-22-11-18/h2-7,10-14,17,19H,8-9H2,1H3,(H,23,24)/t13-,14+,17+,19-/m1/s1. The smallest absolute Gasteiger partial charge is 0.224 e. The molecule has 1 heterocycles. The zero-order valence-electron chi connectivity index (χ0n) is 13.7. The van der Waals surface area contributed by atoms with E-state index in [0.29, 0.717) is 11.8 Å². The number of benzene rings is 1. The number of carbonyl (C=O) groups is 1. The van der Waals surface area contributed by atoms with E-state index in [1.165, 1.54) is 6.33 Å². The van der Waals surface area contributed by atoms with Gasteiger partial charge in [-0.05, 0) is 42.7 Å². The van der Waals surface area contributed by atoms with E-state index in [-0.39, 0.29) is 17.9 Å². The third kappa shape index (κ3) is 2.84. The van der Waals surface area contributed by atoms with Crippen LogP contribution in [0.3, 0.4) is 0 Å². The van der Waals surface area contributed by atoms with Gasteiger partial charge in [0.1, 0.15) is 6.33 Å². The van der Waals surface area contributed by atoms with Crippen LogP contribution >= 0.6 is 0 Å². The van der Waals surface area contributed by atoms with Gasteiger partial charge in [0.2, 0.25) is 5.91 Å². The molecule has 4 nitrogen and oxygen atoms in total. The van der Waals surface area contributed by atoms with Crippen LogP contribution in [0.25, 0.3) is 11.1 Å². The summed E-state index contributed by atoms with van der Waals surface area (Å²) in [4.78, 5) is 20.6. The topological polar surface area (TPSA) is 54.9 Å². The highest BCUT2D eigenvalue weighted by Crippen LogP contribution is 2.43. The number of nitrogens with one attached hydrogen (secondary N) is 1. The highest BCUT2D eigenvalue weighted by Gasteiger charge is 2.39. The van der Waals surface area contributed by atoms with E-state index in [0.717, 1.165) is 29.5 Å². The van der Waals surface area contributed by atoms with Crippen molar-refractivity contribution in [3.05, 3.63) is 60.7 Å². The van der Waals surface area contributed by atoms with Crippen LogP contribution in [-0.4, -0.2) is 15.9 Å². The fourth-order valence-corrected chi connectivity index (χ4v) is 3.90. The van der Waals surface area contributed by atoms with Gasteiger partial charge in [-0.3, -0.25) is 4.79 Å². The minimum Gasteiger partial charge on any atom is -0.349 e. The predicted molar refractivity (Wildman–Crippen MR) is 92.9 cm³/mol. The molecule has 1 aromatic heterocycles. The largest absolute Gasteiger partial charge is 0.349 e. The number of fused-ring (bicyclic) bond motifs is 2. The number of hydrogen-bond acceptors (Lipinski definition) is 3. The molecular formula is C20H21N3O. The molecule has 24 heavy (non-hydrogen) atoms. The highest BCUT2D eigenvalue weighted by molar-refractivity contribution is 5.80. The highest BCUT2D eigenvalue weighted by atomic mass is 16.2. The number of aromatic nitrogens is 2. The third-order valence-corrected chi connectivity index (χ3v) is 5.28. The Hall–Kier alpha value is -2.49. The van der Waals surface area contributed by atoms with Crippen LogP contribution in [0, 0.1) is 17.8 Å². The first-order valence-electron chi connectivity index (χ1n) is 8.55. The SMILES string of the molecule is C[C@@H](NC(=O)[C@@H]1C[C@H]2C=C[C@H]1C2)c1ccc(-c2cncnc2)cc1. The molecule has 2 aliphatic rings. The molecule has 1 saturated carbocycles. The summed E-state index contributed by atoms with van der Waals surface area (Å²) in [7, 11) is 0. The van der Waals surface area contributed by atoms with Crippen LogP contribution < -0.4 is 5.32 Å². The number of allylic oxidation sites excluding steroid dienone is 2. The van der Waals surface area contributed by atoms with Crippen molar-refractivity contribution in [3.8, 4) is 11.1 Å². The first-order chi connectivity index (χ1) is 11.7. The van der Waals surface area contributed by atoms with Gasteiger partial charge in [-0.2, -0.15) is 0 Å². The third-order valence-electron chi connectivity index (χ3n) is 5.28. The van der Waals surface area contributed by atoms with Crippen molar-refractivity contribution in [2.75, 3.05) is 0 Å². The number of nitrogens with zero attached hydrogens (tertiary/aromatic N) is 2. The molecule has 2 aliphatic carbocycles. The van der Waals surface area contributed by atoms with Crippen LogP contribution in [0.2, 0.25) is 0 Å². The van der Waals surface area contributed by atoms with Gasteiger partial charge >= 0.3 is 0 Å². The number of rotatable bonds is 4. The molecule has 1 N–H and O–H groups in total. The van der Waals surface area contributed by atoms with E-state index in [1.54, 1.807) is 12.4 Å². The number of amides is 1. The molecule has 0 aliphatic heterocycles. The fourth-order valence-electron chi connectivity index (χ4n) is 3.90. The lowest BCUT2D eigenvalue weighted by molar-refractivity contribution is -0.126. The lowest BCUT2D eigenvalue weighted by Gasteiger charge is -2.21. The monoisotopic (exact) mass is 319 g/mol. The molecule has 4 rings (SSSR count). The molecule has 0 unspecified atom stereocenters. The van der Waals surface area contributed by atoms with Crippen molar-refractivity contribution in [3.63, 3.8) is 0 Å². The summed E-state index contributed by atoms with van der Waals surface area (Å²) < 4.78 is 0. The zero-order valence-corrected chi connectivity index (χ0v) is 13.7. The van der Waals surface area contributed by atoms with Crippen LogP contribution in [0.4, 0.5) is 0 Å². The Morgan fingerprint density at radius 3 is 2.46 bits per heavy atom. The lowest BCUT2D eigenvalue weighted by atomic mass is 9.92. The lowest BCUT2D eigenvalue weighted by Crippen LogP contribution is -2.34. The second-order valence-corrected chi connectivity index (χ2v) is 6.87. The van der Waals surface area contributed by atoms with Crippen LogP contribution in [0.15, 0.2) is 55.1 Å². The van der Waals surface area contributed by atoms with E-state index >= 15 is 0 Å². The molecule has 1 fully saturated rings. The van der Waals surface area contributed by atoms with Crippen LogP contribution in [0.1, 0.15) is 31.4 Å². The molecule has 0 saturated heterocycles. The summed E-state index contributed by atoms with van der Waals surface area (Å²) >= 11 is 0. The second-order valence-electron chi connectivity index (χ2n) is 6.87. The maximum absolute atomic E-state index is 12.5. The van der Waals surface area contributed by atoms with E-state index < -0.39 is 0 Å². The molecule has 0 spiro atoms. The number of hydrogen-bond donors (Lipinski definition) is 1. The normalized spacial score (nSPS) is 25.6. The van der Waals surface area contributed by atoms with Crippen LogP contribution in [-0.2, 0) is 4.79 Å². The molecule has 0 radical (unpaired) electrons. The van der Waals surface area contributed by atoms with Gasteiger partial charge in [-0.25, -0.2) is 9.97 Å². The summed E-state index contributed by atoms with van der Waals surface area (Å²) in [5.74, 6) is 1.42. The summed E-state index contributed by atoms with van der Waals surface area (Å²) in [6, 6.07) is 8.25. The second kappa shape index (κ2) is 6.19. The van der Waals surface area contributed by atoms with Gasteiger partial charge in [-0.1, -0.05) is 36.4 Å². The van der Waals surface area contributed by atoms with Crippen molar-refractivity contribution < 1.29 is 4.79 Å². The van der Waals surface area contributed by atoms with E-state index in [9.17, 15) is 4.79 Å². The minimum absolute atomic E-state index is 0.0154. The molecule has 2 aromatic rings. The van der Waals surface area contributed by atoms with Crippen molar-refractivity contribution in [1.29, 1.82) is 0 Å². The van der Waals surface area contributed by atoms with Gasteiger partial charge in [0.25, 0.3) is 0 Å². The Bertz CT molecular complexity index is 754. The molecule has 4 heteroatoms. The molecule has 2 bridgehead atoms. The Morgan fingerprint density at radius 1 is 1.08 bits per heavy atom. The van der Waals surface area contributed by atoms with E-state index in [2.05, 4.69) is 51.7 Å². The Morgan fingerprint density at radius 2 is 1.83 bits per heavy atom. The van der Waals surface area contributed by atoms with Crippen molar-refractivity contribution in [2.45, 2.75) is 25.8 Å². The van der Waals surface area contributed by atoms with Gasteiger partial charge in [-0.15, -0.1) is 0 Å². The average molecular weight is 319 g/mol. The van der Waals surface area contributed by atoms with Crippen molar-refractivity contribution >= 4 is 5.91 Å². The summed E-state index contributed by atoms with van der Waals surface area (Å²) in [6.45, 7) is 2.04.